The zero-order chi connectivity index (χ0) is 12.3. The molecule has 0 amide bonds. The van der Waals surface area contributed by atoms with E-state index in [0.29, 0.717) is 6.54 Å². The van der Waals surface area contributed by atoms with E-state index in [-0.39, 0.29) is 17.2 Å². The molecule has 1 aromatic heterocycles. The second-order valence-corrected chi connectivity index (χ2v) is 4.52. The molecule has 1 fully saturated rings. The Hall–Kier alpha value is -0.940. The molecule has 0 N–H and O–H groups in total. The van der Waals surface area contributed by atoms with Gasteiger partial charge < -0.3 is 9.64 Å². The van der Waals surface area contributed by atoms with E-state index in [4.69, 9.17) is 16.3 Å². The molecule has 94 valence electrons. The number of likely N-dealkylation sites (N-methyl/N-ethyl adjacent to an activating group) is 1. The van der Waals surface area contributed by atoms with Crippen molar-refractivity contribution in [3.63, 3.8) is 0 Å². The summed E-state index contributed by atoms with van der Waals surface area (Å²) in [6.45, 7) is 1.40. The number of aromatic nitrogens is 2. The molecule has 2 rings (SSSR count). The third-order valence-corrected chi connectivity index (χ3v) is 2.99. The van der Waals surface area contributed by atoms with Gasteiger partial charge in [-0.2, -0.15) is 4.98 Å². The molecule has 1 aromatic rings. The van der Waals surface area contributed by atoms with Crippen molar-refractivity contribution in [3.8, 4) is 0 Å². The molecule has 0 aliphatic carbocycles. The van der Waals surface area contributed by atoms with Gasteiger partial charge in [-0.15, -0.1) is 0 Å². The minimum atomic E-state index is -0.465. The van der Waals surface area contributed by atoms with E-state index < -0.39 is 5.82 Å². The highest BCUT2D eigenvalue weighted by Crippen LogP contribution is 2.19. The molecule has 0 radical (unpaired) electrons. The van der Waals surface area contributed by atoms with Gasteiger partial charge in [-0.05, 0) is 30.9 Å². The summed E-state index contributed by atoms with van der Waals surface area (Å²) in [5.41, 5.74) is 0. The van der Waals surface area contributed by atoms with Crippen molar-refractivity contribution in [1.82, 2.24) is 9.97 Å². The van der Waals surface area contributed by atoms with Crippen LogP contribution in [0.25, 0.3) is 0 Å². The Labute approximate surface area is 105 Å². The maximum atomic E-state index is 13.5. The summed E-state index contributed by atoms with van der Waals surface area (Å²) in [6, 6.07) is 0. The Morgan fingerprint density at radius 1 is 1.59 bits per heavy atom. The van der Waals surface area contributed by atoms with Crippen molar-refractivity contribution < 1.29 is 9.13 Å². The number of rotatable bonds is 3. The van der Waals surface area contributed by atoms with Crippen LogP contribution in [0.3, 0.4) is 0 Å². The summed E-state index contributed by atoms with van der Waals surface area (Å²) in [5.74, 6) is -0.244. The Morgan fingerprint density at radius 3 is 3.12 bits per heavy atom. The molecule has 6 heteroatoms. The molecule has 0 saturated carbocycles. The smallest absolute Gasteiger partial charge is 0.224 e. The second-order valence-electron chi connectivity index (χ2n) is 4.18. The van der Waals surface area contributed by atoms with E-state index >= 15 is 0 Å². The van der Waals surface area contributed by atoms with Gasteiger partial charge in [0.2, 0.25) is 5.28 Å². The van der Waals surface area contributed by atoms with Gasteiger partial charge in [-0.1, -0.05) is 0 Å². The van der Waals surface area contributed by atoms with E-state index in [1.165, 1.54) is 0 Å². The van der Waals surface area contributed by atoms with Crippen LogP contribution >= 0.6 is 11.6 Å². The summed E-state index contributed by atoms with van der Waals surface area (Å²) >= 11 is 5.66. The van der Waals surface area contributed by atoms with Crippen molar-refractivity contribution in [2.24, 2.45) is 0 Å². The summed E-state index contributed by atoms with van der Waals surface area (Å²) in [7, 11) is 1.78. The van der Waals surface area contributed by atoms with E-state index in [1.54, 1.807) is 11.9 Å². The van der Waals surface area contributed by atoms with Crippen LogP contribution in [0.1, 0.15) is 19.3 Å². The van der Waals surface area contributed by atoms with E-state index in [0.717, 1.165) is 32.1 Å². The highest BCUT2D eigenvalue weighted by Gasteiger charge is 2.19. The predicted octanol–water partition coefficient (Wildman–Crippen LogP) is 2.27. The number of nitrogens with zero attached hydrogens (tertiary/aromatic N) is 3. The summed E-state index contributed by atoms with van der Waals surface area (Å²) < 4.78 is 19.1. The average Bonchev–Trinajstić information content (AvgIpc) is 2.33. The summed E-state index contributed by atoms with van der Waals surface area (Å²) in [4.78, 5) is 9.20. The Balaban J connectivity index is 2.02. The normalized spacial score (nSPS) is 20.3. The molecule has 1 aliphatic rings. The van der Waals surface area contributed by atoms with Gasteiger partial charge >= 0.3 is 0 Å². The molecule has 0 spiro atoms. The van der Waals surface area contributed by atoms with Crippen LogP contribution in [0, 0.1) is 5.82 Å². The first-order valence-electron chi connectivity index (χ1n) is 5.67. The lowest BCUT2D eigenvalue weighted by Crippen LogP contribution is -2.34. The molecule has 0 aromatic carbocycles. The average molecular weight is 260 g/mol. The Morgan fingerprint density at radius 2 is 2.41 bits per heavy atom. The van der Waals surface area contributed by atoms with Crippen molar-refractivity contribution in [2.75, 3.05) is 25.1 Å². The van der Waals surface area contributed by atoms with E-state index in [2.05, 4.69) is 9.97 Å². The standard InChI is InChI=1S/C11H15ClFN3O/c1-16(7-8-4-2-3-5-17-8)10-9(13)6-14-11(12)15-10/h6,8H,2-5,7H2,1H3. The van der Waals surface area contributed by atoms with Gasteiger partial charge in [0.15, 0.2) is 11.6 Å². The van der Waals surface area contributed by atoms with E-state index in [1.807, 2.05) is 0 Å². The van der Waals surface area contributed by atoms with Gasteiger partial charge in [0.25, 0.3) is 0 Å². The summed E-state index contributed by atoms with van der Waals surface area (Å²) in [5, 5.41) is 0.0535. The minimum Gasteiger partial charge on any atom is -0.376 e. The molecule has 1 aliphatic heterocycles. The van der Waals surface area contributed by atoms with Gasteiger partial charge in [0, 0.05) is 20.2 Å². The monoisotopic (exact) mass is 259 g/mol. The maximum Gasteiger partial charge on any atom is 0.224 e. The van der Waals surface area contributed by atoms with Crippen LogP contribution in [0.2, 0.25) is 5.28 Å². The lowest BCUT2D eigenvalue weighted by molar-refractivity contribution is 0.0214. The fourth-order valence-electron chi connectivity index (χ4n) is 1.95. The first-order valence-corrected chi connectivity index (χ1v) is 6.05. The molecule has 2 heterocycles. The number of anilines is 1. The molecular formula is C11H15ClFN3O. The van der Waals surface area contributed by atoms with Crippen molar-refractivity contribution >= 4 is 17.4 Å². The number of halogens is 2. The third-order valence-electron chi connectivity index (χ3n) is 2.81. The predicted molar refractivity (Wildman–Crippen MR) is 63.9 cm³/mol. The summed E-state index contributed by atoms with van der Waals surface area (Å²) in [6.07, 6.45) is 4.49. The van der Waals surface area contributed by atoms with Gasteiger partial charge in [0.1, 0.15) is 0 Å². The minimum absolute atomic E-state index is 0.0535. The fourth-order valence-corrected chi connectivity index (χ4v) is 2.08. The van der Waals surface area contributed by atoms with Crippen LogP contribution in [0.4, 0.5) is 10.2 Å². The Bertz CT molecular complexity index is 385. The van der Waals surface area contributed by atoms with Crippen molar-refractivity contribution in [1.29, 1.82) is 0 Å². The van der Waals surface area contributed by atoms with Crippen LogP contribution in [0.15, 0.2) is 6.20 Å². The van der Waals surface area contributed by atoms with Gasteiger partial charge in [-0.25, -0.2) is 9.37 Å². The zero-order valence-electron chi connectivity index (χ0n) is 9.70. The molecular weight excluding hydrogens is 245 g/mol. The SMILES string of the molecule is CN(CC1CCCCO1)c1nc(Cl)ncc1F. The van der Waals surface area contributed by atoms with Gasteiger partial charge in [0.05, 0.1) is 12.3 Å². The van der Waals surface area contributed by atoms with Gasteiger partial charge in [-0.3, -0.25) is 0 Å². The van der Waals surface area contributed by atoms with Crippen LogP contribution in [-0.2, 0) is 4.74 Å². The highest BCUT2D eigenvalue weighted by molar-refractivity contribution is 6.28. The molecule has 1 atom stereocenters. The van der Waals surface area contributed by atoms with Crippen LogP contribution in [0.5, 0.6) is 0 Å². The highest BCUT2D eigenvalue weighted by atomic mass is 35.5. The van der Waals surface area contributed by atoms with Crippen molar-refractivity contribution in [2.45, 2.75) is 25.4 Å². The first kappa shape index (κ1) is 12.5. The number of ether oxygens (including phenoxy) is 1. The molecule has 1 unspecified atom stereocenters. The lowest BCUT2D eigenvalue weighted by Gasteiger charge is -2.28. The molecule has 0 bridgehead atoms. The zero-order valence-corrected chi connectivity index (χ0v) is 10.5. The quantitative estimate of drug-likeness (QED) is 0.781. The molecule has 1 saturated heterocycles. The largest absolute Gasteiger partial charge is 0.376 e. The first-order chi connectivity index (χ1) is 8.16. The maximum absolute atomic E-state index is 13.5. The number of hydrogen-bond donors (Lipinski definition) is 0. The van der Waals surface area contributed by atoms with E-state index in [9.17, 15) is 4.39 Å². The van der Waals surface area contributed by atoms with Crippen LogP contribution in [-0.4, -0.2) is 36.3 Å². The second kappa shape index (κ2) is 5.60. The lowest BCUT2D eigenvalue weighted by atomic mass is 10.1. The topological polar surface area (TPSA) is 38.2 Å². The number of hydrogen-bond acceptors (Lipinski definition) is 4. The molecule has 4 nitrogen and oxygen atoms in total. The Kier molecular flexibility index (Phi) is 4.12. The van der Waals surface area contributed by atoms with Crippen molar-refractivity contribution in [3.05, 3.63) is 17.3 Å². The third kappa shape index (κ3) is 3.26. The van der Waals surface area contributed by atoms with Crippen LogP contribution < -0.4 is 4.90 Å². The molecule has 17 heavy (non-hydrogen) atoms. The fraction of sp³-hybridized carbons (Fsp3) is 0.636.